The molecule has 1 amide bonds. The van der Waals surface area contributed by atoms with Gasteiger partial charge in [-0.15, -0.1) is 10.2 Å². The number of nitrogens with zero attached hydrogens (tertiary/aromatic N) is 3. The summed E-state index contributed by atoms with van der Waals surface area (Å²) in [7, 11) is -1.90. The zero-order valence-corrected chi connectivity index (χ0v) is 13.4. The maximum absolute atomic E-state index is 11.7. The molecule has 0 radical (unpaired) electrons. The van der Waals surface area contributed by atoms with Crippen LogP contribution in [0.15, 0.2) is 40.6 Å². The van der Waals surface area contributed by atoms with Crippen LogP contribution in [0.3, 0.4) is 0 Å². The van der Waals surface area contributed by atoms with E-state index in [4.69, 9.17) is 5.14 Å². The molecule has 1 aromatic carbocycles. The number of aromatic nitrogens is 3. The van der Waals surface area contributed by atoms with Crippen molar-refractivity contribution in [3.63, 3.8) is 0 Å². The van der Waals surface area contributed by atoms with Gasteiger partial charge in [0.15, 0.2) is 5.16 Å². The van der Waals surface area contributed by atoms with E-state index in [1.807, 2.05) is 0 Å². The molecule has 0 aliphatic rings. The van der Waals surface area contributed by atoms with Gasteiger partial charge in [0.1, 0.15) is 6.33 Å². The Bertz CT molecular complexity index is 755. The molecule has 0 atom stereocenters. The summed E-state index contributed by atoms with van der Waals surface area (Å²) < 4.78 is 24.0. The summed E-state index contributed by atoms with van der Waals surface area (Å²) in [6.45, 7) is 0.309. The van der Waals surface area contributed by atoms with Crippen LogP contribution in [0.1, 0.15) is 5.56 Å². The Morgan fingerprint density at radius 3 is 2.59 bits per heavy atom. The van der Waals surface area contributed by atoms with Gasteiger partial charge in [0, 0.05) is 13.6 Å². The summed E-state index contributed by atoms with van der Waals surface area (Å²) in [5.74, 6) is 0.0745. The molecule has 10 heteroatoms. The molecule has 22 heavy (non-hydrogen) atoms. The minimum absolute atomic E-state index is 0.0421. The number of benzene rings is 1. The monoisotopic (exact) mass is 341 g/mol. The molecule has 2 aromatic rings. The molecule has 0 bridgehead atoms. The molecule has 1 aromatic heterocycles. The predicted octanol–water partition coefficient (Wildman–Crippen LogP) is -0.129. The number of carbonyl (C=O) groups is 1. The van der Waals surface area contributed by atoms with E-state index in [0.717, 1.165) is 5.56 Å². The average Bonchev–Trinajstić information content (AvgIpc) is 2.88. The van der Waals surface area contributed by atoms with E-state index in [1.54, 1.807) is 30.1 Å². The number of rotatable bonds is 6. The summed E-state index contributed by atoms with van der Waals surface area (Å²) in [5, 5.41) is 16.0. The normalized spacial score (nSPS) is 11.4. The fraction of sp³-hybridized carbons (Fsp3) is 0.250. The Morgan fingerprint density at radius 2 is 2.05 bits per heavy atom. The molecular formula is C12H15N5O3S2. The van der Waals surface area contributed by atoms with Gasteiger partial charge >= 0.3 is 0 Å². The van der Waals surface area contributed by atoms with Crippen molar-refractivity contribution in [2.75, 3.05) is 5.75 Å². The van der Waals surface area contributed by atoms with Crippen molar-refractivity contribution in [2.45, 2.75) is 16.6 Å². The molecule has 0 aliphatic heterocycles. The molecular weight excluding hydrogens is 326 g/mol. The number of hydrogen-bond acceptors (Lipinski definition) is 6. The molecule has 0 saturated carbocycles. The second-order valence-electron chi connectivity index (χ2n) is 4.48. The highest BCUT2D eigenvalue weighted by Crippen LogP contribution is 2.13. The number of thioether (sulfide) groups is 1. The van der Waals surface area contributed by atoms with Crippen LogP contribution < -0.4 is 10.5 Å². The SMILES string of the molecule is Cn1cnnc1SCC(=O)NCc1ccc(S(N)(=O)=O)cc1. The van der Waals surface area contributed by atoms with Crippen molar-refractivity contribution in [3.05, 3.63) is 36.2 Å². The lowest BCUT2D eigenvalue weighted by molar-refractivity contribution is -0.118. The van der Waals surface area contributed by atoms with E-state index in [2.05, 4.69) is 15.5 Å². The molecule has 8 nitrogen and oxygen atoms in total. The van der Waals surface area contributed by atoms with Gasteiger partial charge < -0.3 is 9.88 Å². The minimum atomic E-state index is -3.69. The Kier molecular flexibility index (Phi) is 5.16. The predicted molar refractivity (Wildman–Crippen MR) is 81.4 cm³/mol. The molecule has 0 fully saturated rings. The number of hydrogen-bond donors (Lipinski definition) is 2. The molecule has 118 valence electrons. The second-order valence-corrected chi connectivity index (χ2v) is 6.98. The zero-order chi connectivity index (χ0) is 16.2. The van der Waals surface area contributed by atoms with Gasteiger partial charge in [0.05, 0.1) is 10.6 Å². The number of nitrogens with one attached hydrogen (secondary N) is 1. The van der Waals surface area contributed by atoms with Gasteiger partial charge in [0.25, 0.3) is 0 Å². The van der Waals surface area contributed by atoms with Gasteiger partial charge in [-0.25, -0.2) is 13.6 Å². The third-order valence-electron chi connectivity index (χ3n) is 2.74. The van der Waals surface area contributed by atoms with Crippen LogP contribution in [0.2, 0.25) is 0 Å². The van der Waals surface area contributed by atoms with E-state index in [-0.39, 0.29) is 16.6 Å². The van der Waals surface area contributed by atoms with Crippen molar-refractivity contribution in [2.24, 2.45) is 12.2 Å². The van der Waals surface area contributed by atoms with Crippen LogP contribution >= 0.6 is 11.8 Å². The third-order valence-corrected chi connectivity index (χ3v) is 4.71. The summed E-state index contributed by atoms with van der Waals surface area (Å²) >= 11 is 1.28. The van der Waals surface area contributed by atoms with Crippen molar-refractivity contribution in [1.29, 1.82) is 0 Å². The molecule has 0 spiro atoms. The number of nitrogens with two attached hydrogens (primary N) is 1. The topological polar surface area (TPSA) is 120 Å². The largest absolute Gasteiger partial charge is 0.351 e. The van der Waals surface area contributed by atoms with Gasteiger partial charge in [-0.05, 0) is 17.7 Å². The molecule has 0 unspecified atom stereocenters. The first-order valence-corrected chi connectivity index (χ1v) is 8.74. The maximum Gasteiger partial charge on any atom is 0.238 e. The third kappa shape index (κ3) is 4.55. The first kappa shape index (κ1) is 16.5. The summed E-state index contributed by atoms with van der Waals surface area (Å²) in [4.78, 5) is 11.8. The van der Waals surface area contributed by atoms with Crippen molar-refractivity contribution in [3.8, 4) is 0 Å². The number of carbonyl (C=O) groups excluding carboxylic acids is 1. The average molecular weight is 341 g/mol. The molecule has 1 heterocycles. The fourth-order valence-corrected chi connectivity index (χ4v) is 2.82. The van der Waals surface area contributed by atoms with E-state index < -0.39 is 10.0 Å². The van der Waals surface area contributed by atoms with Crippen LogP contribution in [0, 0.1) is 0 Å². The lowest BCUT2D eigenvalue weighted by atomic mass is 10.2. The highest BCUT2D eigenvalue weighted by atomic mass is 32.2. The quantitative estimate of drug-likeness (QED) is 0.706. The first-order chi connectivity index (χ1) is 10.4. The maximum atomic E-state index is 11.7. The van der Waals surface area contributed by atoms with Gasteiger partial charge in [-0.3, -0.25) is 4.79 Å². The van der Waals surface area contributed by atoms with Crippen molar-refractivity contribution in [1.82, 2.24) is 20.1 Å². The van der Waals surface area contributed by atoms with Crippen LogP contribution in [0.5, 0.6) is 0 Å². The molecule has 2 rings (SSSR count). The Hall–Kier alpha value is -1.91. The van der Waals surface area contributed by atoms with E-state index in [1.165, 1.54) is 23.9 Å². The number of amides is 1. The summed E-state index contributed by atoms with van der Waals surface area (Å²) in [6.07, 6.45) is 1.56. The van der Waals surface area contributed by atoms with Crippen LogP contribution in [0.25, 0.3) is 0 Å². The highest BCUT2D eigenvalue weighted by molar-refractivity contribution is 7.99. The summed E-state index contributed by atoms with van der Waals surface area (Å²) in [5.41, 5.74) is 0.782. The minimum Gasteiger partial charge on any atom is -0.351 e. The second kappa shape index (κ2) is 6.90. The van der Waals surface area contributed by atoms with E-state index >= 15 is 0 Å². The van der Waals surface area contributed by atoms with Crippen LogP contribution in [0.4, 0.5) is 0 Å². The van der Waals surface area contributed by atoms with Gasteiger partial charge in [-0.1, -0.05) is 23.9 Å². The number of aryl methyl sites for hydroxylation is 1. The highest BCUT2D eigenvalue weighted by Gasteiger charge is 2.08. The Morgan fingerprint density at radius 1 is 1.36 bits per heavy atom. The number of primary sulfonamides is 1. The fourth-order valence-electron chi connectivity index (χ4n) is 1.58. The van der Waals surface area contributed by atoms with Crippen molar-refractivity contribution >= 4 is 27.7 Å². The van der Waals surface area contributed by atoms with E-state index in [0.29, 0.717) is 11.7 Å². The molecule has 0 saturated heterocycles. The smallest absolute Gasteiger partial charge is 0.238 e. The Labute approximate surface area is 132 Å². The lowest BCUT2D eigenvalue weighted by Gasteiger charge is -2.06. The van der Waals surface area contributed by atoms with Crippen LogP contribution in [-0.2, 0) is 28.4 Å². The lowest BCUT2D eigenvalue weighted by Crippen LogP contribution is -2.24. The standard InChI is InChI=1S/C12H15N5O3S2/c1-17-8-15-16-12(17)21-7-11(18)14-6-9-2-4-10(5-3-9)22(13,19)20/h2-5,8H,6-7H2,1H3,(H,14,18)(H2,13,19,20). The molecule has 0 aliphatic carbocycles. The van der Waals surface area contributed by atoms with Gasteiger partial charge in [0.2, 0.25) is 15.9 Å². The van der Waals surface area contributed by atoms with E-state index in [9.17, 15) is 13.2 Å². The zero-order valence-electron chi connectivity index (χ0n) is 11.8. The first-order valence-electron chi connectivity index (χ1n) is 6.21. The molecule has 3 N–H and O–H groups in total. The van der Waals surface area contributed by atoms with Crippen molar-refractivity contribution < 1.29 is 13.2 Å². The van der Waals surface area contributed by atoms with Gasteiger partial charge in [-0.2, -0.15) is 0 Å². The van der Waals surface area contributed by atoms with Crippen LogP contribution in [-0.4, -0.2) is 34.8 Å². The number of sulfonamides is 1. The summed E-state index contributed by atoms with van der Waals surface area (Å²) in [6, 6.07) is 6.03. The Balaban J connectivity index is 1.82.